The van der Waals surface area contributed by atoms with Gasteiger partial charge in [-0.15, -0.1) is 0 Å². The van der Waals surface area contributed by atoms with Gasteiger partial charge in [0.1, 0.15) is 23.7 Å². The number of rotatable bonds is 4. The highest BCUT2D eigenvalue weighted by Gasteiger charge is 2.34. The van der Waals surface area contributed by atoms with Crippen LogP contribution in [0, 0.1) is 0 Å². The highest BCUT2D eigenvalue weighted by atomic mass is 32.2. The lowest BCUT2D eigenvalue weighted by atomic mass is 10.1. The van der Waals surface area contributed by atoms with Crippen LogP contribution in [0.3, 0.4) is 0 Å². The van der Waals surface area contributed by atoms with E-state index >= 15 is 0 Å². The van der Waals surface area contributed by atoms with Gasteiger partial charge in [-0.3, -0.25) is 14.4 Å². The Hall–Kier alpha value is -2.39. The molecule has 0 aliphatic carbocycles. The van der Waals surface area contributed by atoms with E-state index in [1.165, 1.54) is 6.07 Å². The van der Waals surface area contributed by atoms with Crippen LogP contribution in [0.5, 0.6) is 5.75 Å². The van der Waals surface area contributed by atoms with Crippen LogP contribution in [0.15, 0.2) is 35.4 Å². The van der Waals surface area contributed by atoms with Gasteiger partial charge in [-0.25, -0.2) is 8.42 Å². The monoisotopic (exact) mass is 390 g/mol. The van der Waals surface area contributed by atoms with Crippen LogP contribution in [0.1, 0.15) is 25.3 Å². The summed E-state index contributed by atoms with van der Waals surface area (Å²) in [6.45, 7) is 2.49. The highest BCUT2D eigenvalue weighted by molar-refractivity contribution is 7.89. The highest BCUT2D eigenvalue weighted by Crippen LogP contribution is 2.31. The summed E-state index contributed by atoms with van der Waals surface area (Å²) in [7, 11) is -2.06. The van der Waals surface area contributed by atoms with Crippen molar-refractivity contribution in [1.82, 2.24) is 14.5 Å². The molecule has 1 saturated heterocycles. The number of benzene rings is 1. The van der Waals surface area contributed by atoms with E-state index < -0.39 is 16.1 Å². The average molecular weight is 390 g/mol. The second kappa shape index (κ2) is 6.65. The number of aromatic nitrogens is 2. The van der Waals surface area contributed by atoms with Gasteiger partial charge in [-0.05, 0) is 43.5 Å². The van der Waals surface area contributed by atoms with Crippen molar-refractivity contribution in [2.75, 3.05) is 11.4 Å². The zero-order valence-electron chi connectivity index (χ0n) is 15.3. The number of nitrogens with one attached hydrogen (secondary N) is 1. The van der Waals surface area contributed by atoms with Crippen LogP contribution in [-0.4, -0.2) is 42.8 Å². The van der Waals surface area contributed by atoms with E-state index in [9.17, 15) is 13.2 Å². The first-order valence-corrected chi connectivity index (χ1v) is 10.4. The van der Waals surface area contributed by atoms with E-state index in [-0.39, 0.29) is 16.9 Å². The van der Waals surface area contributed by atoms with E-state index in [1.54, 1.807) is 41.0 Å². The summed E-state index contributed by atoms with van der Waals surface area (Å²) in [5.74, 6) is 1.12. The van der Waals surface area contributed by atoms with Gasteiger partial charge in [0.05, 0.1) is 11.1 Å². The molecule has 0 bridgehead atoms. The largest absolute Gasteiger partial charge is 0.490 e. The maximum Gasteiger partial charge on any atom is 0.246 e. The fraction of sp³-hybridized carbons (Fsp3) is 0.444. The first-order valence-electron chi connectivity index (χ1n) is 8.96. The van der Waals surface area contributed by atoms with Crippen molar-refractivity contribution in [3.8, 4) is 5.75 Å². The summed E-state index contributed by atoms with van der Waals surface area (Å²) in [6.07, 6.45) is 3.51. The van der Waals surface area contributed by atoms with Crippen molar-refractivity contribution in [3.05, 3.63) is 36.0 Å². The van der Waals surface area contributed by atoms with Gasteiger partial charge in [0, 0.05) is 26.1 Å². The second-order valence-electron chi connectivity index (χ2n) is 7.02. The molecular weight excluding hydrogens is 368 g/mol. The molecule has 0 saturated carbocycles. The maximum absolute atomic E-state index is 12.9. The Labute approximate surface area is 158 Å². The summed E-state index contributed by atoms with van der Waals surface area (Å²) in [5.41, 5.74) is 0.872. The number of ether oxygens (including phenoxy) is 1. The molecular formula is C18H22N4O4S. The number of nitrogens with zero attached hydrogens (tertiary/aromatic N) is 3. The fourth-order valence-corrected chi connectivity index (χ4v) is 4.94. The molecule has 2 aromatic rings. The molecule has 1 N–H and O–H groups in total. The predicted molar refractivity (Wildman–Crippen MR) is 99.1 cm³/mol. The fourth-order valence-electron chi connectivity index (χ4n) is 3.66. The Morgan fingerprint density at radius 3 is 2.85 bits per heavy atom. The molecule has 9 heteroatoms. The lowest BCUT2D eigenvalue weighted by Gasteiger charge is -2.32. The lowest BCUT2D eigenvalue weighted by Crippen LogP contribution is -2.52. The molecule has 0 spiro atoms. The van der Waals surface area contributed by atoms with E-state index in [1.807, 2.05) is 6.92 Å². The van der Waals surface area contributed by atoms with Crippen LogP contribution in [0.2, 0.25) is 0 Å². The molecule has 2 aliphatic heterocycles. The Morgan fingerprint density at radius 1 is 1.30 bits per heavy atom. The van der Waals surface area contributed by atoms with Crippen molar-refractivity contribution >= 4 is 21.7 Å². The number of amides is 1. The summed E-state index contributed by atoms with van der Waals surface area (Å²) < 4.78 is 35.5. The van der Waals surface area contributed by atoms with Crippen LogP contribution < -0.4 is 14.4 Å². The van der Waals surface area contributed by atoms with E-state index in [0.29, 0.717) is 31.6 Å². The smallest absolute Gasteiger partial charge is 0.246 e. The van der Waals surface area contributed by atoms with E-state index in [2.05, 4.69) is 9.82 Å². The number of hydrogen-bond donors (Lipinski definition) is 1. The zero-order valence-corrected chi connectivity index (χ0v) is 16.1. The minimum absolute atomic E-state index is 0.0401. The third-order valence-corrected chi connectivity index (χ3v) is 6.45. The van der Waals surface area contributed by atoms with E-state index in [0.717, 1.165) is 11.3 Å². The normalized spacial score (nSPS) is 22.6. The average Bonchev–Trinajstić information content (AvgIpc) is 3.20. The summed E-state index contributed by atoms with van der Waals surface area (Å²) in [6, 6.07) is 5.79. The van der Waals surface area contributed by atoms with Crippen molar-refractivity contribution in [2.45, 2.75) is 43.2 Å². The molecule has 0 radical (unpaired) electrons. The Kier molecular flexibility index (Phi) is 4.43. The molecule has 2 aliphatic rings. The zero-order chi connectivity index (χ0) is 19.2. The van der Waals surface area contributed by atoms with Crippen LogP contribution in [0.25, 0.3) is 0 Å². The molecule has 144 valence electrons. The summed E-state index contributed by atoms with van der Waals surface area (Å²) in [5, 5.41) is 4.09. The number of fused-ring (bicyclic) bond motifs is 1. The molecule has 4 rings (SSSR count). The molecule has 1 amide bonds. The van der Waals surface area contributed by atoms with Gasteiger partial charge in [0.15, 0.2) is 0 Å². The quantitative estimate of drug-likeness (QED) is 0.847. The number of sulfonamides is 1. The topological polar surface area (TPSA) is 93.5 Å². The van der Waals surface area contributed by atoms with Crippen molar-refractivity contribution in [3.63, 3.8) is 0 Å². The number of aryl methyl sites for hydroxylation is 1. The minimum Gasteiger partial charge on any atom is -0.490 e. The third-order valence-electron chi connectivity index (χ3n) is 4.99. The van der Waals surface area contributed by atoms with Gasteiger partial charge in [0.2, 0.25) is 15.9 Å². The summed E-state index contributed by atoms with van der Waals surface area (Å²) >= 11 is 0. The molecule has 0 unspecified atom stereocenters. The number of carbonyl (C=O) groups excluding carboxylic acids is 1. The summed E-state index contributed by atoms with van der Waals surface area (Å²) in [4.78, 5) is 14.6. The maximum atomic E-state index is 12.9. The number of piperidine rings is 1. The lowest BCUT2D eigenvalue weighted by molar-refractivity contribution is -0.121. The first kappa shape index (κ1) is 18.0. The number of carbonyl (C=O) groups is 1. The third kappa shape index (κ3) is 3.32. The van der Waals surface area contributed by atoms with Crippen LogP contribution in [-0.2, 0) is 28.3 Å². The minimum atomic E-state index is -3.81. The molecule has 27 heavy (non-hydrogen) atoms. The number of hydrogen-bond acceptors (Lipinski definition) is 5. The molecule has 8 nitrogen and oxygen atoms in total. The predicted octanol–water partition coefficient (Wildman–Crippen LogP) is 1.22. The van der Waals surface area contributed by atoms with Gasteiger partial charge in [-0.2, -0.15) is 9.82 Å². The van der Waals surface area contributed by atoms with Gasteiger partial charge in [-0.1, -0.05) is 0 Å². The molecule has 1 aromatic carbocycles. The Morgan fingerprint density at radius 2 is 2.11 bits per heavy atom. The van der Waals surface area contributed by atoms with Crippen molar-refractivity contribution in [2.24, 2.45) is 7.05 Å². The van der Waals surface area contributed by atoms with Crippen molar-refractivity contribution in [1.29, 1.82) is 0 Å². The molecule has 2 atom stereocenters. The van der Waals surface area contributed by atoms with Gasteiger partial charge >= 0.3 is 0 Å². The van der Waals surface area contributed by atoms with Crippen molar-refractivity contribution < 1.29 is 17.9 Å². The molecule has 3 heterocycles. The Balaban J connectivity index is 1.55. The molecule has 1 fully saturated rings. The number of anilines is 1. The van der Waals surface area contributed by atoms with E-state index in [4.69, 9.17) is 4.74 Å². The van der Waals surface area contributed by atoms with Gasteiger partial charge in [0.25, 0.3) is 0 Å². The second-order valence-corrected chi connectivity index (χ2v) is 8.74. The first-order chi connectivity index (χ1) is 12.8. The Bertz CT molecular complexity index is 985. The van der Waals surface area contributed by atoms with Crippen LogP contribution >= 0.6 is 0 Å². The van der Waals surface area contributed by atoms with Gasteiger partial charge < -0.3 is 4.74 Å². The van der Waals surface area contributed by atoms with Crippen LogP contribution in [0.4, 0.5) is 5.82 Å². The SMILES string of the molecule is C[C@@H]1Cc2cc(S(=O)(=O)N[C@H]3CCCN(c4ccnn4C)C3=O)ccc2O1. The molecule has 1 aromatic heterocycles. The standard InChI is InChI=1S/C18H22N4O4S/c1-12-10-13-11-14(5-6-16(13)26-12)27(24,25)20-15-4-3-9-22(18(15)23)17-7-8-19-21(17)2/h5-8,11-12,15,20H,3-4,9-10H2,1-2H3/t12-,15+/m1/s1.